The second-order valence-corrected chi connectivity index (χ2v) is 21.5. The third-order valence-electron chi connectivity index (χ3n) is 14.0. The lowest BCUT2D eigenvalue weighted by Crippen LogP contribution is -2.30. The Hall–Kier alpha value is -1.59. The van der Waals surface area contributed by atoms with E-state index in [9.17, 15) is 14.4 Å². The molecule has 0 spiro atoms. The summed E-state index contributed by atoms with van der Waals surface area (Å²) in [7, 11) is 0. The van der Waals surface area contributed by atoms with E-state index in [1.165, 1.54) is 244 Å². The maximum absolute atomic E-state index is 12.9. The number of esters is 3. The minimum atomic E-state index is -0.762. The van der Waals surface area contributed by atoms with Crippen molar-refractivity contribution < 1.29 is 28.6 Å². The van der Waals surface area contributed by atoms with Crippen LogP contribution in [0.15, 0.2) is 0 Å². The molecule has 0 saturated heterocycles. The summed E-state index contributed by atoms with van der Waals surface area (Å²) in [6.07, 6.45) is 61.0. The summed E-state index contributed by atoms with van der Waals surface area (Å²) in [5.41, 5.74) is 0. The van der Waals surface area contributed by atoms with Gasteiger partial charge in [-0.3, -0.25) is 14.4 Å². The van der Waals surface area contributed by atoms with Crippen molar-refractivity contribution >= 4 is 17.9 Å². The number of carbonyl (C=O) groups is 3. The fraction of sp³-hybridized carbons (Fsp3) is 0.951. The molecular weight excluding hydrogens is 829 g/mol. The highest BCUT2D eigenvalue weighted by Crippen LogP contribution is 2.18. The van der Waals surface area contributed by atoms with Crippen molar-refractivity contribution in [3.05, 3.63) is 0 Å². The summed E-state index contributed by atoms with van der Waals surface area (Å²) in [6, 6.07) is 0. The molecule has 0 radical (unpaired) electrons. The van der Waals surface area contributed by atoms with Gasteiger partial charge in [-0.05, 0) is 25.2 Å². The van der Waals surface area contributed by atoms with Gasteiger partial charge >= 0.3 is 17.9 Å². The zero-order valence-corrected chi connectivity index (χ0v) is 45.9. The molecule has 6 heteroatoms. The molecule has 0 N–H and O–H groups in total. The Balaban J connectivity index is 4.28. The lowest BCUT2D eigenvalue weighted by Gasteiger charge is -2.18. The molecule has 6 nitrogen and oxygen atoms in total. The van der Waals surface area contributed by atoms with Crippen LogP contribution in [-0.2, 0) is 28.6 Å². The molecule has 0 amide bonds. The molecule has 0 saturated carbocycles. The fourth-order valence-corrected chi connectivity index (χ4v) is 9.46. The van der Waals surface area contributed by atoms with Crippen LogP contribution in [-0.4, -0.2) is 37.2 Å². The Bertz CT molecular complexity index is 1010. The third-order valence-corrected chi connectivity index (χ3v) is 14.0. The van der Waals surface area contributed by atoms with Gasteiger partial charge in [-0.2, -0.15) is 0 Å². The maximum Gasteiger partial charge on any atom is 0.306 e. The van der Waals surface area contributed by atoms with Crippen LogP contribution in [0.5, 0.6) is 0 Å². The van der Waals surface area contributed by atoms with E-state index in [0.717, 1.165) is 63.7 Å². The van der Waals surface area contributed by atoms with Crippen molar-refractivity contribution in [1.82, 2.24) is 0 Å². The van der Waals surface area contributed by atoms with Gasteiger partial charge in [0, 0.05) is 19.3 Å². The molecule has 0 aromatic heterocycles. The predicted octanol–water partition coefficient (Wildman–Crippen LogP) is 20.2. The van der Waals surface area contributed by atoms with Crippen LogP contribution >= 0.6 is 0 Å². The van der Waals surface area contributed by atoms with E-state index in [1.54, 1.807) is 0 Å². The number of hydrogen-bond donors (Lipinski definition) is 0. The molecule has 0 heterocycles. The summed E-state index contributed by atoms with van der Waals surface area (Å²) < 4.78 is 16.9. The SMILES string of the molecule is CCCCCCCCCCCCCCCCCCCCC(=O)OC[C@H](COC(=O)CCCCCCCCCCCCCC(C)C)OC(=O)CCCCCCCCCCCCCCCCCCC. The van der Waals surface area contributed by atoms with Gasteiger partial charge in [0.25, 0.3) is 0 Å². The average molecular weight is 948 g/mol. The summed E-state index contributed by atoms with van der Waals surface area (Å²) in [5, 5.41) is 0. The normalized spacial score (nSPS) is 12.0. The van der Waals surface area contributed by atoms with Gasteiger partial charge in [-0.15, -0.1) is 0 Å². The third kappa shape index (κ3) is 55.2. The quantitative estimate of drug-likeness (QED) is 0.0343. The van der Waals surface area contributed by atoms with Gasteiger partial charge in [-0.25, -0.2) is 0 Å². The smallest absolute Gasteiger partial charge is 0.306 e. The van der Waals surface area contributed by atoms with E-state index in [2.05, 4.69) is 27.7 Å². The molecule has 398 valence electrons. The Kier molecular flexibility index (Phi) is 54.0. The minimum Gasteiger partial charge on any atom is -0.462 e. The molecule has 0 fully saturated rings. The van der Waals surface area contributed by atoms with Gasteiger partial charge in [0.2, 0.25) is 0 Å². The first-order chi connectivity index (χ1) is 32.9. The summed E-state index contributed by atoms with van der Waals surface area (Å²) in [6.45, 7) is 9.07. The molecule has 0 aliphatic heterocycles. The van der Waals surface area contributed by atoms with Crippen LogP contribution in [0.1, 0.15) is 349 Å². The molecular formula is C61H118O6. The zero-order chi connectivity index (χ0) is 48.8. The molecule has 0 bridgehead atoms. The number of hydrogen-bond acceptors (Lipinski definition) is 6. The molecule has 0 aromatic rings. The Morgan fingerprint density at radius 3 is 0.731 bits per heavy atom. The first-order valence-corrected chi connectivity index (χ1v) is 30.4. The number of ether oxygens (including phenoxy) is 3. The van der Waals surface area contributed by atoms with Crippen molar-refractivity contribution in [3.8, 4) is 0 Å². The zero-order valence-electron chi connectivity index (χ0n) is 45.9. The molecule has 0 aromatic carbocycles. The van der Waals surface area contributed by atoms with E-state index < -0.39 is 6.10 Å². The number of carbonyl (C=O) groups excluding carboxylic acids is 3. The number of unbranched alkanes of at least 4 members (excludes halogenated alkanes) is 43. The van der Waals surface area contributed by atoms with Gasteiger partial charge in [-0.1, -0.05) is 310 Å². The second-order valence-electron chi connectivity index (χ2n) is 21.5. The summed E-state index contributed by atoms with van der Waals surface area (Å²) in [4.78, 5) is 38.2. The minimum absolute atomic E-state index is 0.0616. The van der Waals surface area contributed by atoms with Crippen LogP contribution in [0, 0.1) is 5.92 Å². The molecule has 0 aliphatic rings. The fourth-order valence-electron chi connectivity index (χ4n) is 9.46. The van der Waals surface area contributed by atoms with Gasteiger partial charge in [0.05, 0.1) is 0 Å². The highest BCUT2D eigenvalue weighted by atomic mass is 16.6. The van der Waals surface area contributed by atoms with Gasteiger partial charge < -0.3 is 14.2 Å². The van der Waals surface area contributed by atoms with Crippen LogP contribution in [0.2, 0.25) is 0 Å². The van der Waals surface area contributed by atoms with E-state index in [-0.39, 0.29) is 31.1 Å². The topological polar surface area (TPSA) is 78.9 Å². The van der Waals surface area contributed by atoms with Crippen molar-refractivity contribution in [1.29, 1.82) is 0 Å². The van der Waals surface area contributed by atoms with Gasteiger partial charge in [0.15, 0.2) is 6.10 Å². The molecule has 1 atom stereocenters. The standard InChI is InChI=1S/C61H118O6/c1-5-7-9-11-13-15-17-19-21-23-25-26-28-32-36-40-44-48-52-59(62)65-55-58(56-66-60(63)53-49-45-41-37-34-30-31-35-39-43-47-51-57(3)4)67-61(64)54-50-46-42-38-33-29-27-24-22-20-18-16-14-12-10-8-6-2/h57-58H,5-56H2,1-4H3/t58-/m1/s1. The Labute approximate surface area is 418 Å². The highest BCUT2D eigenvalue weighted by Gasteiger charge is 2.19. The Morgan fingerprint density at radius 1 is 0.284 bits per heavy atom. The van der Waals surface area contributed by atoms with E-state index in [4.69, 9.17) is 14.2 Å². The van der Waals surface area contributed by atoms with Crippen LogP contribution in [0.4, 0.5) is 0 Å². The van der Waals surface area contributed by atoms with Crippen LogP contribution < -0.4 is 0 Å². The van der Waals surface area contributed by atoms with E-state index in [0.29, 0.717) is 19.3 Å². The van der Waals surface area contributed by atoms with Crippen LogP contribution in [0.25, 0.3) is 0 Å². The van der Waals surface area contributed by atoms with Crippen molar-refractivity contribution in [2.75, 3.05) is 13.2 Å². The van der Waals surface area contributed by atoms with Crippen molar-refractivity contribution in [3.63, 3.8) is 0 Å². The van der Waals surface area contributed by atoms with E-state index >= 15 is 0 Å². The lowest BCUT2D eigenvalue weighted by molar-refractivity contribution is -0.167. The monoisotopic (exact) mass is 947 g/mol. The largest absolute Gasteiger partial charge is 0.462 e. The average Bonchev–Trinajstić information content (AvgIpc) is 3.31. The van der Waals surface area contributed by atoms with Crippen LogP contribution in [0.3, 0.4) is 0 Å². The summed E-state index contributed by atoms with van der Waals surface area (Å²) >= 11 is 0. The predicted molar refractivity (Wildman–Crippen MR) is 289 cm³/mol. The summed E-state index contributed by atoms with van der Waals surface area (Å²) in [5.74, 6) is -0.00536. The number of rotatable bonds is 56. The van der Waals surface area contributed by atoms with Crippen molar-refractivity contribution in [2.24, 2.45) is 5.92 Å². The van der Waals surface area contributed by atoms with Gasteiger partial charge in [0.1, 0.15) is 13.2 Å². The highest BCUT2D eigenvalue weighted by molar-refractivity contribution is 5.71. The van der Waals surface area contributed by atoms with E-state index in [1.807, 2.05) is 0 Å². The molecule has 0 unspecified atom stereocenters. The first kappa shape index (κ1) is 65.4. The second kappa shape index (κ2) is 55.3. The lowest BCUT2D eigenvalue weighted by atomic mass is 10.0. The van der Waals surface area contributed by atoms with Crippen molar-refractivity contribution in [2.45, 2.75) is 355 Å². The Morgan fingerprint density at radius 2 is 0.493 bits per heavy atom. The first-order valence-electron chi connectivity index (χ1n) is 30.4. The molecule has 0 aliphatic carbocycles. The molecule has 0 rings (SSSR count). The maximum atomic E-state index is 12.9. The molecule has 67 heavy (non-hydrogen) atoms.